The van der Waals surface area contributed by atoms with Crippen molar-refractivity contribution in [3.05, 3.63) is 107 Å². The Bertz CT molecular complexity index is 1350. The Hall–Kier alpha value is -4.83. The number of carboxylic acids is 1. The Morgan fingerprint density at radius 2 is 1.89 bits per heavy atom. The van der Waals surface area contributed by atoms with Gasteiger partial charge in [0.2, 0.25) is 0 Å². The molecule has 0 heterocycles. The number of rotatable bonds is 10. The van der Waals surface area contributed by atoms with E-state index in [1.807, 2.05) is 37.3 Å². The Morgan fingerprint density at radius 1 is 1.14 bits per heavy atom. The SMILES string of the molecule is C=CCc1cc(/C=C(\C#N)C(=O)Nc2cccc(C)c2)cc(OC)c1OCc1ccc(C(=O)O)cc1. The van der Waals surface area contributed by atoms with Crippen LogP contribution in [0.25, 0.3) is 6.08 Å². The van der Waals surface area contributed by atoms with Crippen molar-refractivity contribution in [1.82, 2.24) is 0 Å². The molecule has 182 valence electrons. The molecule has 0 aliphatic rings. The van der Waals surface area contributed by atoms with Crippen molar-refractivity contribution < 1.29 is 24.2 Å². The van der Waals surface area contributed by atoms with E-state index in [9.17, 15) is 14.9 Å². The minimum absolute atomic E-state index is 0.0599. The van der Waals surface area contributed by atoms with E-state index >= 15 is 0 Å². The van der Waals surface area contributed by atoms with E-state index in [4.69, 9.17) is 14.6 Å². The molecule has 0 aliphatic carbocycles. The van der Waals surface area contributed by atoms with Gasteiger partial charge in [0, 0.05) is 11.3 Å². The molecule has 0 radical (unpaired) electrons. The summed E-state index contributed by atoms with van der Waals surface area (Å²) >= 11 is 0. The van der Waals surface area contributed by atoms with Crippen molar-refractivity contribution in [3.8, 4) is 17.6 Å². The van der Waals surface area contributed by atoms with E-state index in [1.54, 1.807) is 30.3 Å². The summed E-state index contributed by atoms with van der Waals surface area (Å²) in [6, 6.07) is 19.2. The second kappa shape index (κ2) is 12.0. The Balaban J connectivity index is 1.87. The van der Waals surface area contributed by atoms with Gasteiger partial charge in [-0.25, -0.2) is 4.79 Å². The number of carbonyl (C=O) groups is 2. The van der Waals surface area contributed by atoms with Crippen LogP contribution in [0, 0.1) is 18.3 Å². The lowest BCUT2D eigenvalue weighted by Gasteiger charge is -2.16. The zero-order valence-corrected chi connectivity index (χ0v) is 20.1. The largest absolute Gasteiger partial charge is 0.493 e. The first kappa shape index (κ1) is 25.8. The lowest BCUT2D eigenvalue weighted by Crippen LogP contribution is -2.13. The van der Waals surface area contributed by atoms with Crippen LogP contribution in [0.15, 0.2) is 78.9 Å². The highest BCUT2D eigenvalue weighted by atomic mass is 16.5. The van der Waals surface area contributed by atoms with Gasteiger partial charge >= 0.3 is 5.97 Å². The average Bonchev–Trinajstić information content (AvgIpc) is 2.86. The number of aromatic carboxylic acids is 1. The number of carboxylic acid groups (broad SMARTS) is 1. The molecule has 3 aromatic carbocycles. The summed E-state index contributed by atoms with van der Waals surface area (Å²) in [6.45, 7) is 5.91. The summed E-state index contributed by atoms with van der Waals surface area (Å²) < 4.78 is 11.6. The molecule has 3 rings (SSSR count). The number of ether oxygens (including phenoxy) is 2. The normalized spacial score (nSPS) is 10.8. The minimum Gasteiger partial charge on any atom is -0.493 e. The first-order chi connectivity index (χ1) is 17.3. The number of nitriles is 1. The van der Waals surface area contributed by atoms with E-state index in [-0.39, 0.29) is 17.7 Å². The highest BCUT2D eigenvalue weighted by Crippen LogP contribution is 2.35. The lowest BCUT2D eigenvalue weighted by molar-refractivity contribution is -0.112. The van der Waals surface area contributed by atoms with Crippen LogP contribution in [0.1, 0.15) is 32.6 Å². The molecule has 0 bridgehead atoms. The van der Waals surface area contributed by atoms with Gasteiger partial charge in [0.15, 0.2) is 11.5 Å². The number of hydrogen-bond acceptors (Lipinski definition) is 5. The predicted molar refractivity (Wildman–Crippen MR) is 138 cm³/mol. The number of aryl methyl sites for hydroxylation is 1. The molecule has 0 aliphatic heterocycles. The van der Waals surface area contributed by atoms with Crippen LogP contribution < -0.4 is 14.8 Å². The fourth-order valence-corrected chi connectivity index (χ4v) is 3.53. The third kappa shape index (κ3) is 6.61. The quantitative estimate of drug-likeness (QED) is 0.223. The predicted octanol–water partition coefficient (Wildman–Crippen LogP) is 5.56. The molecule has 7 nitrogen and oxygen atoms in total. The number of nitrogens with one attached hydrogen (secondary N) is 1. The molecular weight excluding hydrogens is 456 g/mol. The molecule has 3 aromatic rings. The lowest BCUT2D eigenvalue weighted by atomic mass is 10.0. The Morgan fingerprint density at radius 3 is 2.50 bits per heavy atom. The van der Waals surface area contributed by atoms with Crippen LogP contribution in [-0.2, 0) is 17.8 Å². The monoisotopic (exact) mass is 482 g/mol. The van der Waals surface area contributed by atoms with Crippen LogP contribution in [0.3, 0.4) is 0 Å². The maximum atomic E-state index is 12.7. The van der Waals surface area contributed by atoms with Gasteiger partial charge in [-0.05, 0) is 72.5 Å². The van der Waals surface area contributed by atoms with Gasteiger partial charge in [-0.3, -0.25) is 4.79 Å². The zero-order valence-electron chi connectivity index (χ0n) is 20.1. The molecule has 0 fully saturated rings. The van der Waals surface area contributed by atoms with Crippen molar-refractivity contribution in [1.29, 1.82) is 5.26 Å². The highest BCUT2D eigenvalue weighted by Gasteiger charge is 2.15. The number of benzene rings is 3. The molecular formula is C29H26N2O5. The van der Waals surface area contributed by atoms with Crippen molar-refractivity contribution in [3.63, 3.8) is 0 Å². The zero-order chi connectivity index (χ0) is 26.1. The second-order valence-corrected chi connectivity index (χ2v) is 7.99. The van der Waals surface area contributed by atoms with Crippen LogP contribution >= 0.6 is 0 Å². The molecule has 2 N–H and O–H groups in total. The number of anilines is 1. The van der Waals surface area contributed by atoms with Crippen molar-refractivity contribution in [2.75, 3.05) is 12.4 Å². The van der Waals surface area contributed by atoms with Crippen LogP contribution in [-0.4, -0.2) is 24.1 Å². The first-order valence-corrected chi connectivity index (χ1v) is 11.1. The van der Waals surface area contributed by atoms with Gasteiger partial charge in [-0.15, -0.1) is 6.58 Å². The summed E-state index contributed by atoms with van der Waals surface area (Å²) in [6.07, 6.45) is 3.67. The third-order valence-corrected chi connectivity index (χ3v) is 5.27. The average molecular weight is 483 g/mol. The van der Waals surface area contributed by atoms with Gasteiger partial charge in [-0.2, -0.15) is 5.26 Å². The van der Waals surface area contributed by atoms with Gasteiger partial charge in [-0.1, -0.05) is 30.3 Å². The highest BCUT2D eigenvalue weighted by molar-refractivity contribution is 6.09. The molecule has 0 unspecified atom stereocenters. The van der Waals surface area contributed by atoms with Gasteiger partial charge < -0.3 is 19.9 Å². The number of amides is 1. The van der Waals surface area contributed by atoms with Crippen molar-refractivity contribution in [2.45, 2.75) is 20.0 Å². The van der Waals surface area contributed by atoms with Crippen LogP contribution in [0.2, 0.25) is 0 Å². The first-order valence-electron chi connectivity index (χ1n) is 11.1. The topological polar surface area (TPSA) is 109 Å². The van der Waals surface area contributed by atoms with Crippen LogP contribution in [0.4, 0.5) is 5.69 Å². The van der Waals surface area contributed by atoms with E-state index in [2.05, 4.69) is 11.9 Å². The van der Waals surface area contributed by atoms with Crippen molar-refractivity contribution in [2.24, 2.45) is 0 Å². The van der Waals surface area contributed by atoms with Gasteiger partial charge in [0.25, 0.3) is 5.91 Å². The van der Waals surface area contributed by atoms with E-state index in [1.165, 1.54) is 25.3 Å². The summed E-state index contributed by atoms with van der Waals surface area (Å²) in [4.78, 5) is 23.8. The fourth-order valence-electron chi connectivity index (χ4n) is 3.53. The van der Waals surface area contributed by atoms with E-state index in [0.29, 0.717) is 29.2 Å². The summed E-state index contributed by atoms with van der Waals surface area (Å²) in [5.74, 6) is -0.582. The molecule has 0 atom stereocenters. The smallest absolute Gasteiger partial charge is 0.335 e. The maximum Gasteiger partial charge on any atom is 0.335 e. The van der Waals surface area contributed by atoms with Gasteiger partial charge in [0.05, 0.1) is 12.7 Å². The molecule has 36 heavy (non-hydrogen) atoms. The molecule has 7 heteroatoms. The molecule has 1 amide bonds. The Kier molecular flexibility index (Phi) is 8.63. The molecule has 0 spiro atoms. The van der Waals surface area contributed by atoms with Crippen molar-refractivity contribution >= 4 is 23.6 Å². The number of allylic oxidation sites excluding steroid dienone is 1. The minimum atomic E-state index is -0.995. The van der Waals surface area contributed by atoms with E-state index in [0.717, 1.165) is 16.7 Å². The maximum absolute atomic E-state index is 12.7. The standard InChI is InChI=1S/C29H26N2O5/c1-4-6-23-14-21(15-24(17-30)28(32)31-25-8-5-7-19(2)13-25)16-26(35-3)27(23)36-18-20-9-11-22(12-10-20)29(33)34/h4-5,7-16H,1,6,18H2,2-3H3,(H,31,32)(H,33,34)/b24-15+. The fraction of sp³-hybridized carbons (Fsp3) is 0.138. The third-order valence-electron chi connectivity index (χ3n) is 5.27. The van der Waals surface area contributed by atoms with E-state index < -0.39 is 11.9 Å². The second-order valence-electron chi connectivity index (χ2n) is 7.99. The molecule has 0 aromatic heterocycles. The summed E-state index contributed by atoms with van der Waals surface area (Å²) in [5.41, 5.74) is 3.87. The number of nitrogens with zero attached hydrogens (tertiary/aromatic N) is 1. The summed E-state index contributed by atoms with van der Waals surface area (Å²) in [5, 5.41) is 21.4. The summed E-state index contributed by atoms with van der Waals surface area (Å²) in [7, 11) is 1.50. The number of methoxy groups -OCH3 is 1. The Labute approximate surface area is 209 Å². The molecule has 0 saturated carbocycles. The number of hydrogen-bond donors (Lipinski definition) is 2. The van der Waals surface area contributed by atoms with Crippen LogP contribution in [0.5, 0.6) is 11.5 Å². The number of carbonyl (C=O) groups excluding carboxylic acids is 1. The van der Waals surface area contributed by atoms with Gasteiger partial charge in [0.1, 0.15) is 18.2 Å². The molecule has 0 saturated heterocycles.